The third-order valence-electron chi connectivity index (χ3n) is 7.21. The summed E-state index contributed by atoms with van der Waals surface area (Å²) < 4.78 is 0.690. The molecular formula is C26H18BrNO3. The maximum atomic E-state index is 13.9. The van der Waals surface area contributed by atoms with Gasteiger partial charge in [0.2, 0.25) is 11.8 Å². The largest absolute Gasteiger partial charge is 0.302 e. The number of anilines is 1. The van der Waals surface area contributed by atoms with Gasteiger partial charge in [0.1, 0.15) is 6.29 Å². The number of imide groups is 1. The van der Waals surface area contributed by atoms with Crippen LogP contribution in [0.5, 0.6) is 0 Å². The van der Waals surface area contributed by atoms with E-state index < -0.39 is 17.3 Å². The number of nitrogens with zero attached hydrogens (tertiary/aromatic N) is 1. The second kappa shape index (κ2) is 6.24. The van der Waals surface area contributed by atoms with E-state index in [4.69, 9.17) is 0 Å². The van der Waals surface area contributed by atoms with Crippen molar-refractivity contribution in [3.63, 3.8) is 0 Å². The number of carbonyl (C=O) groups is 3. The SMILES string of the molecule is Cc1ccc(N2C(=O)[C@@H]3C4c5ccccc5C(C=O)(c5ccccc54)[C@@H]3C2=O)c(Br)c1. The van der Waals surface area contributed by atoms with Crippen molar-refractivity contribution < 1.29 is 14.4 Å². The molecule has 3 aromatic rings. The first-order valence-corrected chi connectivity index (χ1v) is 11.1. The van der Waals surface area contributed by atoms with Crippen molar-refractivity contribution in [2.45, 2.75) is 18.3 Å². The van der Waals surface area contributed by atoms with Crippen LogP contribution in [0.2, 0.25) is 0 Å². The fourth-order valence-electron chi connectivity index (χ4n) is 6.06. The van der Waals surface area contributed by atoms with Crippen LogP contribution in [0.4, 0.5) is 5.69 Å². The summed E-state index contributed by atoms with van der Waals surface area (Å²) in [5.74, 6) is -2.14. The van der Waals surface area contributed by atoms with Crippen molar-refractivity contribution in [1.82, 2.24) is 0 Å². The van der Waals surface area contributed by atoms with Gasteiger partial charge in [-0.2, -0.15) is 0 Å². The summed E-state index contributed by atoms with van der Waals surface area (Å²) in [6.45, 7) is 1.96. The zero-order valence-electron chi connectivity index (χ0n) is 16.7. The van der Waals surface area contributed by atoms with E-state index in [1.807, 2.05) is 67.6 Å². The monoisotopic (exact) mass is 471 g/mol. The van der Waals surface area contributed by atoms with Crippen LogP contribution in [0.1, 0.15) is 33.7 Å². The molecule has 4 aliphatic rings. The van der Waals surface area contributed by atoms with Crippen LogP contribution in [0.25, 0.3) is 0 Å². The highest BCUT2D eigenvalue weighted by Gasteiger charge is 2.68. The number of rotatable bonds is 2. The molecule has 1 saturated heterocycles. The number of halogens is 1. The van der Waals surface area contributed by atoms with Crippen molar-refractivity contribution in [3.8, 4) is 0 Å². The first-order chi connectivity index (χ1) is 15.0. The molecule has 0 spiro atoms. The molecule has 2 amide bonds. The zero-order valence-corrected chi connectivity index (χ0v) is 18.3. The third kappa shape index (κ3) is 2.12. The van der Waals surface area contributed by atoms with E-state index in [0.717, 1.165) is 34.1 Å². The number of carbonyl (C=O) groups excluding carboxylic acids is 3. The molecule has 3 aliphatic carbocycles. The van der Waals surface area contributed by atoms with Gasteiger partial charge in [-0.1, -0.05) is 54.6 Å². The summed E-state index contributed by atoms with van der Waals surface area (Å²) in [5, 5.41) is 0. The maximum absolute atomic E-state index is 13.9. The van der Waals surface area contributed by atoms with Gasteiger partial charge in [0.05, 0.1) is 22.9 Å². The van der Waals surface area contributed by atoms with E-state index in [-0.39, 0.29) is 17.7 Å². The molecule has 2 bridgehead atoms. The molecule has 152 valence electrons. The first kappa shape index (κ1) is 18.7. The minimum Gasteiger partial charge on any atom is -0.302 e. The molecule has 5 heteroatoms. The summed E-state index contributed by atoms with van der Waals surface area (Å²) in [5.41, 5.74) is 4.04. The van der Waals surface area contributed by atoms with Gasteiger partial charge in [-0.3, -0.25) is 9.59 Å². The van der Waals surface area contributed by atoms with E-state index >= 15 is 0 Å². The number of amides is 2. The highest BCUT2D eigenvalue weighted by Crippen LogP contribution is 2.63. The lowest BCUT2D eigenvalue weighted by Gasteiger charge is -2.51. The van der Waals surface area contributed by atoms with Crippen molar-refractivity contribution in [1.29, 1.82) is 0 Å². The van der Waals surface area contributed by atoms with E-state index in [0.29, 0.717) is 10.2 Å². The predicted octanol–water partition coefficient (Wildman–Crippen LogP) is 4.51. The molecule has 1 heterocycles. The number of aldehydes is 1. The normalized spacial score (nSPS) is 27.7. The molecule has 1 aliphatic heterocycles. The van der Waals surface area contributed by atoms with Crippen LogP contribution in [-0.4, -0.2) is 18.1 Å². The van der Waals surface area contributed by atoms with Crippen LogP contribution in [0.3, 0.4) is 0 Å². The first-order valence-electron chi connectivity index (χ1n) is 10.3. The molecule has 0 saturated carbocycles. The quantitative estimate of drug-likeness (QED) is 0.408. The van der Waals surface area contributed by atoms with E-state index in [2.05, 4.69) is 15.9 Å². The molecule has 3 aromatic carbocycles. The Labute approximate surface area is 188 Å². The Bertz CT molecular complexity index is 1270. The fraction of sp³-hybridized carbons (Fsp3) is 0.192. The van der Waals surface area contributed by atoms with Crippen molar-refractivity contribution in [3.05, 3.63) is 99.0 Å². The molecular weight excluding hydrogens is 454 g/mol. The minimum atomic E-state index is -1.16. The number of hydrogen-bond acceptors (Lipinski definition) is 3. The summed E-state index contributed by atoms with van der Waals surface area (Å²) in [4.78, 5) is 41.9. The molecule has 31 heavy (non-hydrogen) atoms. The Kier molecular flexibility index (Phi) is 3.76. The lowest BCUT2D eigenvalue weighted by molar-refractivity contribution is -0.128. The minimum absolute atomic E-state index is 0.236. The molecule has 0 unspecified atom stereocenters. The van der Waals surface area contributed by atoms with Crippen LogP contribution < -0.4 is 4.90 Å². The van der Waals surface area contributed by atoms with E-state index in [9.17, 15) is 14.4 Å². The van der Waals surface area contributed by atoms with Crippen molar-refractivity contribution >= 4 is 39.7 Å². The average Bonchev–Trinajstić information content (AvgIpc) is 3.05. The van der Waals surface area contributed by atoms with Gasteiger partial charge in [0, 0.05) is 10.4 Å². The average molecular weight is 472 g/mol. The molecule has 0 N–H and O–H groups in total. The summed E-state index contributed by atoms with van der Waals surface area (Å²) >= 11 is 3.53. The summed E-state index contributed by atoms with van der Waals surface area (Å²) in [6.07, 6.45) is 0.899. The fourth-order valence-corrected chi connectivity index (χ4v) is 6.73. The Morgan fingerprint density at radius 3 is 2.10 bits per heavy atom. The second-order valence-corrected chi connectivity index (χ2v) is 9.46. The second-order valence-electron chi connectivity index (χ2n) is 8.61. The topological polar surface area (TPSA) is 54.5 Å². The molecule has 0 aromatic heterocycles. The lowest BCUT2D eigenvalue weighted by Crippen LogP contribution is -2.54. The van der Waals surface area contributed by atoms with Gasteiger partial charge in [-0.15, -0.1) is 0 Å². The van der Waals surface area contributed by atoms with Crippen LogP contribution in [0.15, 0.2) is 71.2 Å². The van der Waals surface area contributed by atoms with Gasteiger partial charge in [-0.05, 0) is 62.8 Å². The molecule has 2 atom stereocenters. The molecule has 7 rings (SSSR count). The Morgan fingerprint density at radius 2 is 1.52 bits per heavy atom. The van der Waals surface area contributed by atoms with Gasteiger partial charge in [-0.25, -0.2) is 4.90 Å². The molecule has 1 fully saturated rings. The van der Waals surface area contributed by atoms with E-state index in [1.54, 1.807) is 6.07 Å². The van der Waals surface area contributed by atoms with Gasteiger partial charge in [0.25, 0.3) is 0 Å². The standard InChI is InChI=1S/C26H18BrNO3/c1-14-10-11-20(19(27)12-14)28-24(30)22-21-15-6-2-4-8-17(15)26(13-29,23(22)25(28)31)18-9-5-3-7-16(18)21/h2-13,21-23H,1H3/t21?,22-,23+,26?/m1/s1. The van der Waals surface area contributed by atoms with Gasteiger partial charge >= 0.3 is 0 Å². The van der Waals surface area contributed by atoms with Gasteiger partial charge < -0.3 is 4.79 Å². The third-order valence-corrected chi connectivity index (χ3v) is 7.85. The number of aryl methyl sites for hydroxylation is 1. The maximum Gasteiger partial charge on any atom is 0.239 e. The smallest absolute Gasteiger partial charge is 0.239 e. The highest BCUT2D eigenvalue weighted by atomic mass is 79.9. The van der Waals surface area contributed by atoms with Crippen molar-refractivity contribution in [2.75, 3.05) is 4.90 Å². The van der Waals surface area contributed by atoms with Crippen LogP contribution in [0, 0.1) is 18.8 Å². The highest BCUT2D eigenvalue weighted by molar-refractivity contribution is 9.10. The molecule has 0 radical (unpaired) electrons. The summed E-state index contributed by atoms with van der Waals surface area (Å²) in [7, 11) is 0. The summed E-state index contributed by atoms with van der Waals surface area (Å²) in [6, 6.07) is 21.1. The van der Waals surface area contributed by atoms with Gasteiger partial charge in [0.15, 0.2) is 0 Å². The lowest BCUT2D eigenvalue weighted by atomic mass is 9.48. The Hall–Kier alpha value is -3.05. The van der Waals surface area contributed by atoms with Crippen LogP contribution >= 0.6 is 15.9 Å². The molecule has 4 nitrogen and oxygen atoms in total. The van der Waals surface area contributed by atoms with Crippen molar-refractivity contribution in [2.24, 2.45) is 11.8 Å². The number of hydrogen-bond donors (Lipinski definition) is 0. The Balaban J connectivity index is 1.65. The number of benzene rings is 3. The van der Waals surface area contributed by atoms with Crippen LogP contribution in [-0.2, 0) is 19.8 Å². The van der Waals surface area contributed by atoms with E-state index in [1.165, 1.54) is 4.90 Å². The zero-order chi connectivity index (χ0) is 21.5. The predicted molar refractivity (Wildman–Crippen MR) is 120 cm³/mol. The Morgan fingerprint density at radius 1 is 0.903 bits per heavy atom.